The molecule has 110 valence electrons. The number of benzene rings is 1. The summed E-state index contributed by atoms with van der Waals surface area (Å²) in [5.41, 5.74) is 2.07. The summed E-state index contributed by atoms with van der Waals surface area (Å²) in [4.78, 5) is 8.79. The van der Waals surface area contributed by atoms with Gasteiger partial charge in [-0.05, 0) is 18.6 Å². The molecule has 0 radical (unpaired) electrons. The van der Waals surface area contributed by atoms with Gasteiger partial charge in [0.2, 0.25) is 0 Å². The molecule has 0 amide bonds. The lowest BCUT2D eigenvalue weighted by atomic mass is 10.2. The van der Waals surface area contributed by atoms with Gasteiger partial charge >= 0.3 is 0 Å². The van der Waals surface area contributed by atoms with E-state index in [0.717, 1.165) is 29.8 Å². The first-order valence-corrected chi connectivity index (χ1v) is 8.12. The Morgan fingerprint density at radius 3 is 2.90 bits per heavy atom. The highest BCUT2D eigenvalue weighted by molar-refractivity contribution is 7.15. The second kappa shape index (κ2) is 6.13. The van der Waals surface area contributed by atoms with Crippen LogP contribution in [-0.4, -0.2) is 19.6 Å². The minimum Gasteiger partial charge on any atom is -0.385 e. The lowest BCUT2D eigenvalue weighted by molar-refractivity contribution is 0.174. The molecule has 0 saturated carbocycles. The molecule has 4 nitrogen and oxygen atoms in total. The molecule has 0 fully saturated rings. The van der Waals surface area contributed by atoms with Gasteiger partial charge in [0.1, 0.15) is 21.3 Å². The van der Waals surface area contributed by atoms with Crippen LogP contribution < -0.4 is 0 Å². The summed E-state index contributed by atoms with van der Waals surface area (Å²) in [5, 5.41) is 11.0. The molecule has 1 unspecified atom stereocenters. The first-order chi connectivity index (χ1) is 10.2. The van der Waals surface area contributed by atoms with Crippen LogP contribution in [0.15, 0.2) is 30.5 Å². The molecule has 3 aromatic rings. The fraction of sp³-hybridized carbons (Fsp3) is 0.333. The average Bonchev–Trinajstić information content (AvgIpc) is 3.04. The second-order valence-corrected chi connectivity index (χ2v) is 6.58. The third-order valence-corrected chi connectivity index (χ3v) is 4.55. The van der Waals surface area contributed by atoms with Crippen molar-refractivity contribution >= 4 is 34.0 Å². The van der Waals surface area contributed by atoms with E-state index in [2.05, 4.69) is 27.5 Å². The van der Waals surface area contributed by atoms with Crippen molar-refractivity contribution in [2.24, 2.45) is 0 Å². The SMILES string of the molecule is CCCn1c(CC(O)c2ncc(Cl)s2)nc2ccccc21. The van der Waals surface area contributed by atoms with Crippen molar-refractivity contribution < 1.29 is 5.11 Å². The Balaban J connectivity index is 1.94. The minimum absolute atomic E-state index is 0.443. The molecule has 3 rings (SSSR count). The van der Waals surface area contributed by atoms with Crippen LogP contribution in [0.5, 0.6) is 0 Å². The third-order valence-electron chi connectivity index (χ3n) is 3.34. The predicted octanol–water partition coefficient (Wildman–Crippen LogP) is 3.83. The number of thiazole rings is 1. The summed E-state index contributed by atoms with van der Waals surface area (Å²) in [5.74, 6) is 0.886. The molecule has 0 spiro atoms. The number of halogens is 1. The number of nitrogens with zero attached hydrogens (tertiary/aromatic N) is 3. The average molecular weight is 322 g/mol. The van der Waals surface area contributed by atoms with Gasteiger partial charge in [-0.2, -0.15) is 0 Å². The van der Waals surface area contributed by atoms with Crippen molar-refractivity contribution in [3.63, 3.8) is 0 Å². The molecule has 0 bridgehead atoms. The van der Waals surface area contributed by atoms with Crippen LogP contribution >= 0.6 is 22.9 Å². The van der Waals surface area contributed by atoms with E-state index in [0.29, 0.717) is 15.8 Å². The van der Waals surface area contributed by atoms with Crippen molar-refractivity contribution in [1.29, 1.82) is 0 Å². The van der Waals surface area contributed by atoms with Crippen molar-refractivity contribution in [1.82, 2.24) is 14.5 Å². The zero-order valence-electron chi connectivity index (χ0n) is 11.7. The summed E-state index contributed by atoms with van der Waals surface area (Å²) in [7, 11) is 0. The summed E-state index contributed by atoms with van der Waals surface area (Å²) < 4.78 is 2.76. The highest BCUT2D eigenvalue weighted by atomic mass is 35.5. The Hall–Kier alpha value is -1.43. The van der Waals surface area contributed by atoms with Crippen LogP contribution in [0.1, 0.15) is 30.3 Å². The number of fused-ring (bicyclic) bond motifs is 1. The van der Waals surface area contributed by atoms with E-state index in [1.165, 1.54) is 11.3 Å². The highest BCUT2D eigenvalue weighted by Crippen LogP contribution is 2.27. The van der Waals surface area contributed by atoms with Crippen LogP contribution in [0.3, 0.4) is 0 Å². The topological polar surface area (TPSA) is 50.9 Å². The fourth-order valence-electron chi connectivity index (χ4n) is 2.44. The lowest BCUT2D eigenvalue weighted by Gasteiger charge is -2.10. The van der Waals surface area contributed by atoms with Gasteiger partial charge in [0.05, 0.1) is 17.2 Å². The van der Waals surface area contributed by atoms with Crippen LogP contribution in [0.25, 0.3) is 11.0 Å². The maximum atomic E-state index is 10.3. The van der Waals surface area contributed by atoms with Crippen molar-refractivity contribution in [3.8, 4) is 0 Å². The Morgan fingerprint density at radius 2 is 2.19 bits per heavy atom. The van der Waals surface area contributed by atoms with E-state index in [1.54, 1.807) is 6.20 Å². The van der Waals surface area contributed by atoms with E-state index >= 15 is 0 Å². The molecule has 2 aromatic heterocycles. The number of para-hydroxylation sites is 2. The van der Waals surface area contributed by atoms with Gasteiger partial charge < -0.3 is 9.67 Å². The molecule has 1 N–H and O–H groups in total. The zero-order chi connectivity index (χ0) is 14.8. The van der Waals surface area contributed by atoms with Crippen LogP contribution in [0.2, 0.25) is 4.34 Å². The number of aryl methyl sites for hydroxylation is 1. The molecular weight excluding hydrogens is 306 g/mol. The predicted molar refractivity (Wildman–Crippen MR) is 85.8 cm³/mol. The first kappa shape index (κ1) is 14.5. The Bertz CT molecular complexity index is 752. The summed E-state index contributed by atoms with van der Waals surface area (Å²) in [6.45, 7) is 3.02. The fourth-order valence-corrected chi connectivity index (χ4v) is 3.35. The molecular formula is C15H16ClN3OS. The third kappa shape index (κ3) is 2.95. The van der Waals surface area contributed by atoms with Crippen LogP contribution in [-0.2, 0) is 13.0 Å². The maximum Gasteiger partial charge on any atom is 0.123 e. The van der Waals surface area contributed by atoms with E-state index in [4.69, 9.17) is 11.6 Å². The van der Waals surface area contributed by atoms with Gasteiger partial charge in [-0.25, -0.2) is 9.97 Å². The summed E-state index contributed by atoms with van der Waals surface area (Å²) in [6.07, 6.45) is 2.36. The molecule has 6 heteroatoms. The van der Waals surface area contributed by atoms with E-state index in [-0.39, 0.29) is 0 Å². The number of aromatic nitrogens is 3. The normalized spacial score (nSPS) is 12.9. The minimum atomic E-state index is -0.671. The van der Waals surface area contributed by atoms with Gasteiger partial charge in [-0.1, -0.05) is 30.7 Å². The number of hydrogen-bond acceptors (Lipinski definition) is 4. The van der Waals surface area contributed by atoms with E-state index in [9.17, 15) is 5.11 Å². The molecule has 0 aliphatic carbocycles. The van der Waals surface area contributed by atoms with E-state index in [1.807, 2.05) is 18.2 Å². The molecule has 1 aromatic carbocycles. The van der Waals surface area contributed by atoms with Gasteiger partial charge in [0, 0.05) is 13.0 Å². The van der Waals surface area contributed by atoms with Gasteiger partial charge in [-0.15, -0.1) is 11.3 Å². The number of imidazole rings is 1. The van der Waals surface area contributed by atoms with Gasteiger partial charge in [0.15, 0.2) is 0 Å². The molecule has 21 heavy (non-hydrogen) atoms. The smallest absolute Gasteiger partial charge is 0.123 e. The Labute approximate surface area is 132 Å². The number of aliphatic hydroxyl groups excluding tert-OH is 1. The molecule has 1 atom stereocenters. The second-order valence-electron chi connectivity index (χ2n) is 4.89. The maximum absolute atomic E-state index is 10.3. The molecule has 2 heterocycles. The summed E-state index contributed by atoms with van der Waals surface area (Å²) >= 11 is 7.19. The number of aliphatic hydroxyl groups is 1. The largest absolute Gasteiger partial charge is 0.385 e. The van der Waals surface area contributed by atoms with E-state index < -0.39 is 6.10 Å². The Morgan fingerprint density at radius 1 is 1.38 bits per heavy atom. The standard InChI is InChI=1S/C15H16ClN3OS/c1-2-7-19-11-6-4-3-5-10(11)18-14(19)8-12(20)15-17-9-13(16)21-15/h3-6,9,12,20H,2,7-8H2,1H3. The number of hydrogen-bond donors (Lipinski definition) is 1. The quantitative estimate of drug-likeness (QED) is 0.777. The Kier molecular flexibility index (Phi) is 4.24. The first-order valence-electron chi connectivity index (χ1n) is 6.92. The van der Waals surface area contributed by atoms with Crippen molar-refractivity contribution in [3.05, 3.63) is 45.6 Å². The van der Waals surface area contributed by atoms with Gasteiger partial charge in [0.25, 0.3) is 0 Å². The lowest BCUT2D eigenvalue weighted by Crippen LogP contribution is -2.09. The van der Waals surface area contributed by atoms with Crippen LogP contribution in [0.4, 0.5) is 0 Å². The molecule has 0 saturated heterocycles. The van der Waals surface area contributed by atoms with Gasteiger partial charge in [-0.3, -0.25) is 0 Å². The zero-order valence-corrected chi connectivity index (χ0v) is 13.2. The van der Waals surface area contributed by atoms with Crippen molar-refractivity contribution in [2.45, 2.75) is 32.4 Å². The highest BCUT2D eigenvalue weighted by Gasteiger charge is 2.18. The van der Waals surface area contributed by atoms with Crippen molar-refractivity contribution in [2.75, 3.05) is 0 Å². The van der Waals surface area contributed by atoms with Crippen LogP contribution in [0, 0.1) is 0 Å². The molecule has 0 aliphatic rings. The summed E-state index contributed by atoms with van der Waals surface area (Å²) in [6, 6.07) is 8.05. The monoisotopic (exact) mass is 321 g/mol. The molecule has 0 aliphatic heterocycles. The number of rotatable bonds is 5.